The zero-order chi connectivity index (χ0) is 20.5. The molecule has 158 valence electrons. The van der Waals surface area contributed by atoms with Crippen LogP contribution >= 0.6 is 0 Å². The zero-order valence-corrected chi connectivity index (χ0v) is 18.2. The van der Waals surface area contributed by atoms with Gasteiger partial charge in [-0.15, -0.1) is 0 Å². The maximum Gasteiger partial charge on any atom is 0.256 e. The van der Waals surface area contributed by atoms with Gasteiger partial charge in [0, 0.05) is 29.2 Å². The van der Waals surface area contributed by atoms with Gasteiger partial charge in [0.1, 0.15) is 0 Å². The van der Waals surface area contributed by atoms with Crippen LogP contribution in [0.1, 0.15) is 72.7 Å². The van der Waals surface area contributed by atoms with Crippen LogP contribution in [0.2, 0.25) is 0 Å². The first-order valence-electron chi connectivity index (χ1n) is 11.8. The molecule has 3 aliphatic rings. The minimum absolute atomic E-state index is 0.0211. The fourth-order valence-corrected chi connectivity index (χ4v) is 5.45. The van der Waals surface area contributed by atoms with E-state index in [0.717, 1.165) is 48.3 Å². The summed E-state index contributed by atoms with van der Waals surface area (Å²) in [6.45, 7) is 5.80. The number of hydrogen-bond donors (Lipinski definition) is 2. The minimum Gasteiger partial charge on any atom is -0.358 e. The summed E-state index contributed by atoms with van der Waals surface area (Å²) < 4.78 is 0. The van der Waals surface area contributed by atoms with Gasteiger partial charge >= 0.3 is 0 Å². The van der Waals surface area contributed by atoms with E-state index in [1.807, 2.05) is 0 Å². The average molecular weight is 404 g/mol. The highest BCUT2D eigenvalue weighted by molar-refractivity contribution is 6.34. The lowest BCUT2D eigenvalue weighted by Gasteiger charge is -2.26. The van der Waals surface area contributed by atoms with E-state index in [4.69, 9.17) is 0 Å². The number of nitrogens with one attached hydrogen (secondary N) is 2. The Morgan fingerprint density at radius 3 is 2.73 bits per heavy atom. The first kappa shape index (κ1) is 19.6. The summed E-state index contributed by atoms with van der Waals surface area (Å²) in [5.74, 6) is 0.0211. The van der Waals surface area contributed by atoms with E-state index in [-0.39, 0.29) is 5.91 Å². The summed E-state index contributed by atoms with van der Waals surface area (Å²) in [5, 5.41) is 3.07. The van der Waals surface area contributed by atoms with Gasteiger partial charge in [-0.1, -0.05) is 19.4 Å². The van der Waals surface area contributed by atoms with Crippen molar-refractivity contribution in [2.45, 2.75) is 64.7 Å². The maximum absolute atomic E-state index is 12.8. The molecule has 1 aliphatic carbocycles. The molecule has 0 atom stereocenters. The lowest BCUT2D eigenvalue weighted by molar-refractivity contribution is -0.110. The number of anilines is 1. The Kier molecular flexibility index (Phi) is 5.51. The molecule has 2 aliphatic heterocycles. The fourth-order valence-electron chi connectivity index (χ4n) is 5.45. The standard InChI is InChI=1S/C26H33N3O/c1-2-19-20-8-4-5-9-23(20)27-25(19)17-22-21-16-18(10-11-24(21)28-26(22)30)12-15-29-13-6-3-7-14-29/h10-11,16-17,27H,2-9,12-15H2,1H3,(H,28,30). The third-order valence-electron chi connectivity index (χ3n) is 7.12. The SMILES string of the molecule is CCc1c(C=C2C(=O)Nc3ccc(CCN4CCCCC4)cc32)[nH]c2c1CCCC2. The van der Waals surface area contributed by atoms with Crippen molar-refractivity contribution in [1.82, 2.24) is 9.88 Å². The van der Waals surface area contributed by atoms with Crippen LogP contribution in [0.5, 0.6) is 0 Å². The van der Waals surface area contributed by atoms with E-state index >= 15 is 0 Å². The first-order chi connectivity index (χ1) is 14.7. The van der Waals surface area contributed by atoms with E-state index < -0.39 is 0 Å². The van der Waals surface area contributed by atoms with Crippen LogP contribution in [0.25, 0.3) is 11.6 Å². The van der Waals surface area contributed by atoms with Gasteiger partial charge in [0.2, 0.25) is 0 Å². The molecule has 5 rings (SSSR count). The third-order valence-corrected chi connectivity index (χ3v) is 7.12. The number of amides is 1. The van der Waals surface area contributed by atoms with Crippen molar-refractivity contribution in [2.24, 2.45) is 0 Å². The Labute approximate surface area is 179 Å². The minimum atomic E-state index is 0.0211. The Hall–Kier alpha value is -2.33. The molecule has 0 bridgehead atoms. The van der Waals surface area contributed by atoms with Crippen molar-refractivity contribution in [3.63, 3.8) is 0 Å². The number of rotatable bonds is 5. The lowest BCUT2D eigenvalue weighted by atomic mass is 9.93. The van der Waals surface area contributed by atoms with Crippen molar-refractivity contribution >= 4 is 23.2 Å². The molecular weight excluding hydrogens is 370 g/mol. The van der Waals surface area contributed by atoms with E-state index in [9.17, 15) is 4.79 Å². The van der Waals surface area contributed by atoms with Crippen LogP contribution < -0.4 is 5.32 Å². The van der Waals surface area contributed by atoms with E-state index in [0.29, 0.717) is 0 Å². The highest BCUT2D eigenvalue weighted by Crippen LogP contribution is 2.36. The Morgan fingerprint density at radius 1 is 1.07 bits per heavy atom. The summed E-state index contributed by atoms with van der Waals surface area (Å²) in [5.41, 5.74) is 9.57. The quantitative estimate of drug-likeness (QED) is 0.692. The summed E-state index contributed by atoms with van der Waals surface area (Å²) >= 11 is 0. The van der Waals surface area contributed by atoms with Gasteiger partial charge in [0.15, 0.2) is 0 Å². The van der Waals surface area contributed by atoms with Crippen molar-refractivity contribution in [3.8, 4) is 0 Å². The number of benzene rings is 1. The first-order valence-corrected chi connectivity index (χ1v) is 11.8. The smallest absolute Gasteiger partial charge is 0.256 e. The number of carbonyl (C=O) groups excluding carboxylic acids is 1. The fraction of sp³-hybridized carbons (Fsp3) is 0.500. The number of aromatic amines is 1. The van der Waals surface area contributed by atoms with Gasteiger partial charge in [-0.25, -0.2) is 0 Å². The summed E-state index contributed by atoms with van der Waals surface area (Å²) in [4.78, 5) is 19.0. The predicted octanol–water partition coefficient (Wildman–Crippen LogP) is 4.98. The number of carbonyl (C=O) groups is 1. The summed E-state index contributed by atoms with van der Waals surface area (Å²) in [7, 11) is 0. The highest BCUT2D eigenvalue weighted by Gasteiger charge is 2.26. The van der Waals surface area contributed by atoms with Crippen molar-refractivity contribution < 1.29 is 4.79 Å². The molecule has 0 spiro atoms. The van der Waals surface area contributed by atoms with Gasteiger partial charge < -0.3 is 15.2 Å². The molecule has 1 aromatic heterocycles. The molecular formula is C26H33N3O. The molecule has 2 aromatic rings. The zero-order valence-electron chi connectivity index (χ0n) is 18.2. The third kappa shape index (κ3) is 3.74. The second kappa shape index (κ2) is 8.43. The molecule has 0 unspecified atom stereocenters. The van der Waals surface area contributed by atoms with Gasteiger partial charge in [-0.2, -0.15) is 0 Å². The molecule has 1 amide bonds. The van der Waals surface area contributed by atoms with E-state index in [1.54, 1.807) is 0 Å². The normalized spacial score (nSPS) is 20.3. The Morgan fingerprint density at radius 2 is 1.90 bits per heavy atom. The molecule has 0 saturated carbocycles. The summed E-state index contributed by atoms with van der Waals surface area (Å²) in [6, 6.07) is 6.49. The Balaban J connectivity index is 1.42. The number of nitrogens with zero attached hydrogens (tertiary/aromatic N) is 1. The number of aromatic nitrogens is 1. The van der Waals surface area contributed by atoms with Crippen LogP contribution in [-0.2, 0) is 30.5 Å². The number of H-pyrrole nitrogens is 1. The van der Waals surface area contributed by atoms with E-state index in [1.165, 1.54) is 74.0 Å². The van der Waals surface area contributed by atoms with Gasteiger partial charge in [0.25, 0.3) is 5.91 Å². The van der Waals surface area contributed by atoms with Crippen LogP contribution in [0.4, 0.5) is 5.69 Å². The van der Waals surface area contributed by atoms with Gasteiger partial charge in [0.05, 0.1) is 5.57 Å². The predicted molar refractivity (Wildman–Crippen MR) is 124 cm³/mol. The number of likely N-dealkylation sites (tertiary alicyclic amines) is 1. The molecule has 3 heterocycles. The number of aryl methyl sites for hydroxylation is 1. The number of piperidine rings is 1. The molecule has 1 saturated heterocycles. The second-order valence-corrected chi connectivity index (χ2v) is 9.08. The van der Waals surface area contributed by atoms with Crippen molar-refractivity contribution in [1.29, 1.82) is 0 Å². The molecule has 1 aromatic carbocycles. The molecule has 2 N–H and O–H groups in total. The second-order valence-electron chi connectivity index (χ2n) is 9.08. The Bertz CT molecular complexity index is 978. The molecule has 30 heavy (non-hydrogen) atoms. The summed E-state index contributed by atoms with van der Waals surface area (Å²) in [6.07, 6.45) is 13.0. The van der Waals surface area contributed by atoms with Crippen LogP contribution in [0, 0.1) is 0 Å². The highest BCUT2D eigenvalue weighted by atomic mass is 16.2. The average Bonchev–Trinajstić information content (AvgIpc) is 3.29. The van der Waals surface area contributed by atoms with Crippen molar-refractivity contribution in [3.05, 3.63) is 51.8 Å². The molecule has 4 nitrogen and oxygen atoms in total. The molecule has 4 heteroatoms. The number of hydrogen-bond acceptors (Lipinski definition) is 2. The van der Waals surface area contributed by atoms with Crippen LogP contribution in [0.15, 0.2) is 18.2 Å². The van der Waals surface area contributed by atoms with Crippen molar-refractivity contribution in [2.75, 3.05) is 25.0 Å². The van der Waals surface area contributed by atoms with Crippen LogP contribution in [0.3, 0.4) is 0 Å². The lowest BCUT2D eigenvalue weighted by Crippen LogP contribution is -2.31. The van der Waals surface area contributed by atoms with E-state index in [2.05, 4.69) is 46.4 Å². The van der Waals surface area contributed by atoms with Gasteiger partial charge in [-0.05, 0) is 99.4 Å². The molecule has 0 radical (unpaired) electrons. The topological polar surface area (TPSA) is 48.1 Å². The number of fused-ring (bicyclic) bond motifs is 2. The monoisotopic (exact) mass is 403 g/mol. The largest absolute Gasteiger partial charge is 0.358 e. The van der Waals surface area contributed by atoms with Gasteiger partial charge in [-0.3, -0.25) is 4.79 Å². The maximum atomic E-state index is 12.8. The van der Waals surface area contributed by atoms with Crippen LogP contribution in [-0.4, -0.2) is 35.4 Å². The molecule has 1 fully saturated rings.